The van der Waals surface area contributed by atoms with E-state index in [2.05, 4.69) is 15.6 Å². The minimum atomic E-state index is -0.430. The number of anilines is 1. The summed E-state index contributed by atoms with van der Waals surface area (Å²) in [6, 6.07) is 4.96. The molecule has 0 fully saturated rings. The van der Waals surface area contributed by atoms with Crippen molar-refractivity contribution in [2.75, 3.05) is 26.0 Å². The zero-order valence-electron chi connectivity index (χ0n) is 13.7. The zero-order chi connectivity index (χ0) is 17.7. The molecule has 0 saturated carbocycles. The van der Waals surface area contributed by atoms with Gasteiger partial charge in [-0.25, -0.2) is 14.6 Å². The average Bonchev–Trinajstić information content (AvgIpc) is 2.57. The van der Waals surface area contributed by atoms with Gasteiger partial charge in [0.15, 0.2) is 0 Å². The number of carbonyl (C=O) groups is 2. The van der Waals surface area contributed by atoms with Crippen LogP contribution in [0.5, 0.6) is 0 Å². The van der Waals surface area contributed by atoms with Crippen LogP contribution in [0.4, 0.5) is 15.4 Å². The monoisotopic (exact) mass is 350 g/mol. The Bertz CT molecular complexity index is 766. The van der Waals surface area contributed by atoms with Crippen LogP contribution in [0, 0.1) is 0 Å². The summed E-state index contributed by atoms with van der Waals surface area (Å²) in [6.45, 7) is 2.70. The van der Waals surface area contributed by atoms with Crippen LogP contribution in [-0.4, -0.2) is 42.7 Å². The number of rotatable bonds is 4. The van der Waals surface area contributed by atoms with Crippen LogP contribution in [0.25, 0.3) is 10.8 Å². The number of carbonyl (C=O) groups excluding carboxylic acids is 2. The number of pyridine rings is 1. The van der Waals surface area contributed by atoms with E-state index >= 15 is 0 Å². The number of halogens is 1. The topological polar surface area (TPSA) is 83.6 Å². The minimum absolute atomic E-state index is 0.331. The number of methoxy groups -OCH3 is 1. The van der Waals surface area contributed by atoms with Crippen LogP contribution in [0.1, 0.15) is 12.5 Å². The van der Waals surface area contributed by atoms with E-state index in [-0.39, 0.29) is 6.03 Å². The predicted molar refractivity (Wildman–Crippen MR) is 93.3 cm³/mol. The van der Waals surface area contributed by atoms with Crippen LogP contribution < -0.4 is 10.6 Å². The van der Waals surface area contributed by atoms with Gasteiger partial charge < -0.3 is 15.0 Å². The van der Waals surface area contributed by atoms with E-state index in [9.17, 15) is 9.59 Å². The Kier molecular flexibility index (Phi) is 5.81. The van der Waals surface area contributed by atoms with E-state index in [4.69, 9.17) is 16.3 Å². The van der Waals surface area contributed by atoms with Gasteiger partial charge in [-0.1, -0.05) is 17.7 Å². The maximum Gasteiger partial charge on any atom is 0.409 e. The lowest BCUT2D eigenvalue weighted by molar-refractivity contribution is 0.131. The van der Waals surface area contributed by atoms with Crippen molar-refractivity contribution in [1.29, 1.82) is 0 Å². The summed E-state index contributed by atoms with van der Waals surface area (Å²) in [6.07, 6.45) is 1.20. The summed E-state index contributed by atoms with van der Waals surface area (Å²) in [5.74, 6) is 0.397. The van der Waals surface area contributed by atoms with Crippen LogP contribution in [-0.2, 0) is 11.3 Å². The smallest absolute Gasteiger partial charge is 0.409 e. The van der Waals surface area contributed by atoms with Crippen LogP contribution >= 0.6 is 11.6 Å². The molecule has 24 heavy (non-hydrogen) atoms. The van der Waals surface area contributed by atoms with Gasteiger partial charge in [0.25, 0.3) is 0 Å². The molecule has 2 rings (SSSR count). The first kappa shape index (κ1) is 17.8. The van der Waals surface area contributed by atoms with Crippen molar-refractivity contribution in [2.45, 2.75) is 13.5 Å². The third-order valence-electron chi connectivity index (χ3n) is 3.41. The summed E-state index contributed by atoms with van der Waals surface area (Å²) in [4.78, 5) is 28.9. The molecule has 2 N–H and O–H groups in total. The first-order valence-electron chi connectivity index (χ1n) is 7.37. The van der Waals surface area contributed by atoms with Crippen LogP contribution in [0.2, 0.25) is 5.02 Å². The van der Waals surface area contributed by atoms with Crippen molar-refractivity contribution in [3.05, 3.63) is 35.0 Å². The van der Waals surface area contributed by atoms with Gasteiger partial charge in [-0.15, -0.1) is 0 Å². The number of fused-ring (bicyclic) bond motifs is 1. The lowest BCUT2D eigenvalue weighted by Gasteiger charge is -2.17. The Morgan fingerprint density at radius 2 is 2.08 bits per heavy atom. The van der Waals surface area contributed by atoms with E-state index in [1.165, 1.54) is 12.0 Å². The zero-order valence-corrected chi connectivity index (χ0v) is 14.5. The fourth-order valence-electron chi connectivity index (χ4n) is 2.27. The van der Waals surface area contributed by atoms with Gasteiger partial charge in [-0.05, 0) is 24.6 Å². The number of nitrogens with one attached hydrogen (secondary N) is 2. The van der Waals surface area contributed by atoms with Crippen LogP contribution in [0.15, 0.2) is 24.4 Å². The van der Waals surface area contributed by atoms with E-state index in [1.54, 1.807) is 25.4 Å². The van der Waals surface area contributed by atoms with Gasteiger partial charge in [-0.2, -0.15) is 0 Å². The second kappa shape index (κ2) is 7.83. The maximum atomic E-state index is 11.6. The summed E-state index contributed by atoms with van der Waals surface area (Å²) in [7, 11) is 2.98. The van der Waals surface area contributed by atoms with Crippen molar-refractivity contribution in [3.63, 3.8) is 0 Å². The lowest BCUT2D eigenvalue weighted by Crippen LogP contribution is -2.28. The molecule has 3 amide bonds. The molecule has 128 valence electrons. The molecule has 1 heterocycles. The quantitative estimate of drug-likeness (QED) is 0.886. The Hall–Kier alpha value is -2.54. The molecule has 2 aromatic rings. The Morgan fingerprint density at radius 1 is 1.33 bits per heavy atom. The molecule has 0 bridgehead atoms. The number of aromatic nitrogens is 1. The second-order valence-corrected chi connectivity index (χ2v) is 5.54. The fraction of sp³-hybridized carbons (Fsp3) is 0.312. The van der Waals surface area contributed by atoms with Gasteiger partial charge in [0.05, 0.1) is 7.11 Å². The molecular weight excluding hydrogens is 332 g/mol. The lowest BCUT2D eigenvalue weighted by atomic mass is 10.1. The molecule has 0 aliphatic rings. The molecule has 0 unspecified atom stereocenters. The van der Waals surface area contributed by atoms with Gasteiger partial charge in [0.2, 0.25) is 0 Å². The summed E-state index contributed by atoms with van der Waals surface area (Å²) < 4.78 is 4.70. The fourth-order valence-corrected chi connectivity index (χ4v) is 2.48. The third kappa shape index (κ3) is 4.05. The molecule has 1 aromatic carbocycles. The average molecular weight is 351 g/mol. The van der Waals surface area contributed by atoms with E-state index in [0.29, 0.717) is 23.9 Å². The molecule has 0 aliphatic heterocycles. The van der Waals surface area contributed by atoms with Gasteiger partial charge in [-0.3, -0.25) is 5.32 Å². The number of hydrogen-bond acceptors (Lipinski definition) is 4. The summed E-state index contributed by atoms with van der Waals surface area (Å²) in [5, 5.41) is 7.37. The first-order chi connectivity index (χ1) is 11.5. The summed E-state index contributed by atoms with van der Waals surface area (Å²) >= 11 is 6.26. The maximum absolute atomic E-state index is 11.6. The molecular formula is C16H19ClN4O3. The largest absolute Gasteiger partial charge is 0.453 e. The predicted octanol–water partition coefficient (Wildman–Crippen LogP) is 3.23. The van der Waals surface area contributed by atoms with E-state index in [1.807, 2.05) is 13.0 Å². The highest BCUT2D eigenvalue weighted by molar-refractivity contribution is 6.35. The first-order valence-corrected chi connectivity index (χ1v) is 7.75. The van der Waals surface area contributed by atoms with E-state index < -0.39 is 6.09 Å². The number of benzene rings is 1. The molecule has 0 radical (unpaired) electrons. The molecule has 1 aromatic heterocycles. The molecule has 7 nitrogen and oxygen atoms in total. The summed E-state index contributed by atoms with van der Waals surface area (Å²) in [5.41, 5.74) is 0.874. The number of hydrogen-bond donors (Lipinski definition) is 2. The highest BCUT2D eigenvalue weighted by Crippen LogP contribution is 2.28. The number of nitrogens with zero attached hydrogens (tertiary/aromatic N) is 2. The number of urea groups is 1. The SMILES string of the molecule is CCNC(=O)Nc1cc2c(Cl)ccc(CN(C)C(=O)OC)c2cn1. The Balaban J connectivity index is 2.34. The van der Waals surface area contributed by atoms with E-state index in [0.717, 1.165) is 16.3 Å². The Morgan fingerprint density at radius 3 is 2.75 bits per heavy atom. The molecule has 8 heteroatoms. The molecule has 0 aliphatic carbocycles. The van der Waals surface area contributed by atoms with Crippen molar-refractivity contribution in [3.8, 4) is 0 Å². The standard InChI is InChI=1S/C16H19ClN4O3/c1-4-18-15(22)20-14-7-11-12(8-19-14)10(5-6-13(11)17)9-21(2)16(23)24-3/h5-8H,4,9H2,1-3H3,(H2,18,19,20,22). The van der Waals surface area contributed by atoms with Crippen LogP contribution in [0.3, 0.4) is 0 Å². The van der Waals surface area contributed by atoms with Gasteiger partial charge >= 0.3 is 12.1 Å². The highest BCUT2D eigenvalue weighted by atomic mass is 35.5. The van der Waals surface area contributed by atoms with Crippen molar-refractivity contribution < 1.29 is 14.3 Å². The second-order valence-electron chi connectivity index (χ2n) is 5.13. The molecule has 0 spiro atoms. The third-order valence-corrected chi connectivity index (χ3v) is 3.74. The van der Waals surface area contributed by atoms with Crippen molar-refractivity contribution in [1.82, 2.24) is 15.2 Å². The van der Waals surface area contributed by atoms with Crippen molar-refractivity contribution in [2.24, 2.45) is 0 Å². The normalized spacial score (nSPS) is 10.3. The Labute approximate surface area is 144 Å². The van der Waals surface area contributed by atoms with Gasteiger partial charge in [0.1, 0.15) is 5.82 Å². The minimum Gasteiger partial charge on any atom is -0.453 e. The van der Waals surface area contributed by atoms with Gasteiger partial charge in [0, 0.05) is 42.1 Å². The number of amides is 3. The molecule has 0 saturated heterocycles. The molecule has 0 atom stereocenters. The number of ether oxygens (including phenoxy) is 1. The van der Waals surface area contributed by atoms with Crippen molar-refractivity contribution >= 4 is 40.3 Å². The highest BCUT2D eigenvalue weighted by Gasteiger charge is 2.13.